The molecule has 3 heterocycles. The zero-order chi connectivity index (χ0) is 15.6. The standard InChI is InChI=1S/C18H18FN3S/c19-15-5-3-13(4-6-15)10-14-2-1-8-22(11-14)17-16-7-9-23-18(16)21-12-20-17/h3-7,9,12,14H,1-2,8,10-11H2. The normalized spacial score (nSPS) is 18.5. The highest BCUT2D eigenvalue weighted by Gasteiger charge is 2.22. The second-order valence-electron chi connectivity index (χ2n) is 6.12. The molecule has 1 unspecified atom stereocenters. The third-order valence-electron chi connectivity index (χ3n) is 4.50. The zero-order valence-electron chi connectivity index (χ0n) is 12.8. The van der Waals surface area contributed by atoms with E-state index in [1.807, 2.05) is 12.1 Å². The van der Waals surface area contributed by atoms with Gasteiger partial charge in [0.1, 0.15) is 22.8 Å². The monoisotopic (exact) mass is 327 g/mol. The van der Waals surface area contributed by atoms with Crippen LogP contribution in [0.25, 0.3) is 10.2 Å². The maximum absolute atomic E-state index is 13.0. The predicted molar refractivity (Wildman–Crippen MR) is 92.5 cm³/mol. The summed E-state index contributed by atoms with van der Waals surface area (Å²) >= 11 is 1.66. The number of aromatic nitrogens is 2. The number of nitrogens with zero attached hydrogens (tertiary/aromatic N) is 3. The van der Waals surface area contributed by atoms with Crippen LogP contribution in [0, 0.1) is 11.7 Å². The minimum atomic E-state index is -0.167. The summed E-state index contributed by atoms with van der Waals surface area (Å²) in [6.45, 7) is 2.04. The molecular weight excluding hydrogens is 309 g/mol. The number of anilines is 1. The van der Waals surface area contributed by atoms with Gasteiger partial charge in [-0.1, -0.05) is 12.1 Å². The van der Waals surface area contributed by atoms with E-state index < -0.39 is 0 Å². The van der Waals surface area contributed by atoms with Gasteiger partial charge < -0.3 is 4.90 Å². The van der Waals surface area contributed by atoms with E-state index in [-0.39, 0.29) is 5.82 Å². The molecule has 1 aliphatic heterocycles. The average Bonchev–Trinajstić information content (AvgIpc) is 3.06. The smallest absolute Gasteiger partial charge is 0.140 e. The van der Waals surface area contributed by atoms with E-state index >= 15 is 0 Å². The van der Waals surface area contributed by atoms with Gasteiger partial charge in [-0.3, -0.25) is 0 Å². The molecular formula is C18H18FN3S. The van der Waals surface area contributed by atoms with E-state index in [2.05, 4.69) is 26.3 Å². The summed E-state index contributed by atoms with van der Waals surface area (Å²) in [6.07, 6.45) is 5.04. The van der Waals surface area contributed by atoms with Crippen molar-refractivity contribution in [3.05, 3.63) is 53.4 Å². The Morgan fingerprint density at radius 3 is 2.91 bits per heavy atom. The molecule has 1 atom stereocenters. The number of hydrogen-bond donors (Lipinski definition) is 0. The van der Waals surface area contributed by atoms with E-state index in [4.69, 9.17) is 0 Å². The minimum absolute atomic E-state index is 0.167. The average molecular weight is 327 g/mol. The SMILES string of the molecule is Fc1ccc(CC2CCCN(c3ncnc4sccc34)C2)cc1. The van der Waals surface area contributed by atoms with Gasteiger partial charge in [-0.15, -0.1) is 11.3 Å². The molecule has 1 saturated heterocycles. The van der Waals surface area contributed by atoms with E-state index in [0.29, 0.717) is 5.92 Å². The van der Waals surface area contributed by atoms with Gasteiger partial charge in [-0.05, 0) is 54.3 Å². The third-order valence-corrected chi connectivity index (χ3v) is 5.32. The van der Waals surface area contributed by atoms with Gasteiger partial charge in [-0.25, -0.2) is 14.4 Å². The van der Waals surface area contributed by atoms with Crippen molar-refractivity contribution in [2.24, 2.45) is 5.92 Å². The Balaban J connectivity index is 1.53. The highest BCUT2D eigenvalue weighted by molar-refractivity contribution is 7.16. The summed E-state index contributed by atoms with van der Waals surface area (Å²) in [5.74, 6) is 1.47. The van der Waals surface area contributed by atoms with E-state index in [1.165, 1.54) is 18.4 Å². The van der Waals surface area contributed by atoms with Crippen LogP contribution in [0.1, 0.15) is 18.4 Å². The van der Waals surface area contributed by atoms with Crippen molar-refractivity contribution >= 4 is 27.4 Å². The van der Waals surface area contributed by atoms with Crippen molar-refractivity contribution in [3.8, 4) is 0 Å². The Kier molecular flexibility index (Phi) is 3.95. The summed E-state index contributed by atoms with van der Waals surface area (Å²) in [7, 11) is 0. The molecule has 3 nitrogen and oxygen atoms in total. The van der Waals surface area contributed by atoms with Crippen LogP contribution in [0.4, 0.5) is 10.2 Å². The number of piperidine rings is 1. The minimum Gasteiger partial charge on any atom is -0.356 e. The summed E-state index contributed by atoms with van der Waals surface area (Å²) in [4.78, 5) is 12.3. The van der Waals surface area contributed by atoms with Crippen LogP contribution >= 0.6 is 11.3 Å². The quantitative estimate of drug-likeness (QED) is 0.718. The molecule has 4 rings (SSSR count). The van der Waals surface area contributed by atoms with Crippen molar-refractivity contribution in [3.63, 3.8) is 0 Å². The van der Waals surface area contributed by atoms with Crippen LogP contribution in [-0.4, -0.2) is 23.1 Å². The van der Waals surface area contributed by atoms with Crippen LogP contribution < -0.4 is 4.90 Å². The molecule has 1 aliphatic rings. The van der Waals surface area contributed by atoms with Crippen LogP contribution in [0.2, 0.25) is 0 Å². The molecule has 1 aromatic carbocycles. The van der Waals surface area contributed by atoms with E-state index in [0.717, 1.165) is 35.5 Å². The second kappa shape index (κ2) is 6.24. The molecule has 0 radical (unpaired) electrons. The van der Waals surface area contributed by atoms with Gasteiger partial charge >= 0.3 is 0 Å². The molecule has 23 heavy (non-hydrogen) atoms. The molecule has 0 saturated carbocycles. The highest BCUT2D eigenvalue weighted by Crippen LogP contribution is 2.30. The van der Waals surface area contributed by atoms with Gasteiger partial charge in [0.2, 0.25) is 0 Å². The first-order valence-electron chi connectivity index (χ1n) is 7.97. The van der Waals surface area contributed by atoms with Gasteiger partial charge in [0.15, 0.2) is 0 Å². The lowest BCUT2D eigenvalue weighted by Gasteiger charge is -2.34. The lowest BCUT2D eigenvalue weighted by Crippen LogP contribution is -2.36. The first-order chi connectivity index (χ1) is 11.3. The molecule has 5 heteroatoms. The highest BCUT2D eigenvalue weighted by atomic mass is 32.1. The molecule has 0 spiro atoms. The maximum atomic E-state index is 13.0. The Labute approximate surface area is 138 Å². The topological polar surface area (TPSA) is 29.0 Å². The fourth-order valence-corrected chi connectivity index (χ4v) is 4.13. The fourth-order valence-electron chi connectivity index (χ4n) is 3.41. The Morgan fingerprint density at radius 1 is 1.17 bits per heavy atom. The molecule has 0 bridgehead atoms. The largest absolute Gasteiger partial charge is 0.356 e. The van der Waals surface area contributed by atoms with Crippen molar-refractivity contribution < 1.29 is 4.39 Å². The summed E-state index contributed by atoms with van der Waals surface area (Å²) in [6, 6.07) is 9.01. The first kappa shape index (κ1) is 14.6. The molecule has 0 N–H and O–H groups in total. The Hall–Kier alpha value is -2.01. The molecule has 2 aromatic heterocycles. The van der Waals surface area contributed by atoms with Gasteiger partial charge in [0.25, 0.3) is 0 Å². The Morgan fingerprint density at radius 2 is 2.04 bits per heavy atom. The van der Waals surface area contributed by atoms with Gasteiger partial charge in [-0.2, -0.15) is 0 Å². The molecule has 118 valence electrons. The lowest BCUT2D eigenvalue weighted by atomic mass is 9.91. The number of fused-ring (bicyclic) bond motifs is 1. The van der Waals surface area contributed by atoms with Crippen LogP contribution in [0.5, 0.6) is 0 Å². The molecule has 1 fully saturated rings. The zero-order valence-corrected chi connectivity index (χ0v) is 13.6. The number of hydrogen-bond acceptors (Lipinski definition) is 4. The molecule has 0 aliphatic carbocycles. The third kappa shape index (κ3) is 3.06. The van der Waals surface area contributed by atoms with Crippen LogP contribution in [0.15, 0.2) is 42.0 Å². The number of thiophene rings is 1. The van der Waals surface area contributed by atoms with Crippen LogP contribution in [-0.2, 0) is 6.42 Å². The van der Waals surface area contributed by atoms with Crippen molar-refractivity contribution in [1.82, 2.24) is 9.97 Å². The number of rotatable bonds is 3. The fraction of sp³-hybridized carbons (Fsp3) is 0.333. The summed E-state index contributed by atoms with van der Waals surface area (Å²) in [5.41, 5.74) is 1.21. The van der Waals surface area contributed by atoms with Gasteiger partial charge in [0, 0.05) is 13.1 Å². The molecule has 3 aromatic rings. The van der Waals surface area contributed by atoms with Crippen molar-refractivity contribution in [1.29, 1.82) is 0 Å². The van der Waals surface area contributed by atoms with E-state index in [9.17, 15) is 4.39 Å². The maximum Gasteiger partial charge on any atom is 0.140 e. The first-order valence-corrected chi connectivity index (χ1v) is 8.85. The number of benzene rings is 1. The number of halogens is 1. The summed E-state index contributed by atoms with van der Waals surface area (Å²) in [5, 5.41) is 3.22. The van der Waals surface area contributed by atoms with Crippen molar-refractivity contribution in [2.75, 3.05) is 18.0 Å². The Bertz CT molecular complexity index is 799. The van der Waals surface area contributed by atoms with Crippen LogP contribution in [0.3, 0.4) is 0 Å². The predicted octanol–water partition coefficient (Wildman–Crippen LogP) is 4.29. The second-order valence-corrected chi connectivity index (χ2v) is 7.02. The van der Waals surface area contributed by atoms with E-state index in [1.54, 1.807) is 29.8 Å². The lowest BCUT2D eigenvalue weighted by molar-refractivity contribution is 0.411. The summed E-state index contributed by atoms with van der Waals surface area (Å²) < 4.78 is 13.0. The molecule has 0 amide bonds. The van der Waals surface area contributed by atoms with Gasteiger partial charge in [0.05, 0.1) is 5.39 Å². The van der Waals surface area contributed by atoms with Crippen molar-refractivity contribution in [2.45, 2.75) is 19.3 Å².